The first-order chi connectivity index (χ1) is 10.6. The van der Waals surface area contributed by atoms with Crippen molar-refractivity contribution in [2.75, 3.05) is 5.32 Å². The zero-order valence-electron chi connectivity index (χ0n) is 12.9. The van der Waals surface area contributed by atoms with Crippen LogP contribution in [-0.2, 0) is 0 Å². The van der Waals surface area contributed by atoms with Crippen molar-refractivity contribution in [3.63, 3.8) is 0 Å². The Morgan fingerprint density at radius 2 is 2.14 bits per heavy atom. The number of aryl methyl sites for hydroxylation is 1. The monoisotopic (exact) mass is 290 g/mol. The van der Waals surface area contributed by atoms with E-state index in [2.05, 4.69) is 65.2 Å². The smallest absolute Gasteiger partial charge is 0.146 e. The number of hydrogen-bond donors (Lipinski definition) is 2. The molecule has 4 nitrogen and oxygen atoms in total. The van der Waals surface area contributed by atoms with Gasteiger partial charge in [0.2, 0.25) is 0 Å². The van der Waals surface area contributed by atoms with Crippen LogP contribution in [0.3, 0.4) is 0 Å². The number of pyridine rings is 1. The highest BCUT2D eigenvalue weighted by Gasteiger charge is 2.06. The van der Waals surface area contributed by atoms with Crippen LogP contribution in [0.1, 0.15) is 25.0 Å². The van der Waals surface area contributed by atoms with Gasteiger partial charge in [0.25, 0.3) is 0 Å². The number of aromatic amines is 1. The third-order valence-corrected chi connectivity index (χ3v) is 3.31. The third-order valence-electron chi connectivity index (χ3n) is 3.31. The van der Waals surface area contributed by atoms with Gasteiger partial charge >= 0.3 is 0 Å². The fourth-order valence-electron chi connectivity index (χ4n) is 2.27. The molecule has 0 atom stereocenters. The Bertz CT molecular complexity index is 865. The minimum atomic E-state index is 0.331. The molecule has 0 unspecified atom stereocenters. The van der Waals surface area contributed by atoms with Crippen molar-refractivity contribution in [2.45, 2.75) is 20.8 Å². The minimum Gasteiger partial charge on any atom is -0.339 e. The van der Waals surface area contributed by atoms with Crippen LogP contribution in [0.15, 0.2) is 36.7 Å². The second-order valence-electron chi connectivity index (χ2n) is 5.58. The van der Waals surface area contributed by atoms with Crippen molar-refractivity contribution >= 4 is 22.4 Å². The summed E-state index contributed by atoms with van der Waals surface area (Å²) < 4.78 is 0. The highest BCUT2D eigenvalue weighted by atomic mass is 15.1. The molecule has 0 saturated heterocycles. The van der Waals surface area contributed by atoms with Gasteiger partial charge in [0.1, 0.15) is 5.82 Å². The molecule has 3 rings (SSSR count). The average molecular weight is 290 g/mol. The topological polar surface area (TPSA) is 53.6 Å². The number of anilines is 2. The van der Waals surface area contributed by atoms with E-state index in [4.69, 9.17) is 0 Å². The Hall–Kier alpha value is -2.80. The van der Waals surface area contributed by atoms with E-state index in [0.717, 1.165) is 33.5 Å². The van der Waals surface area contributed by atoms with Gasteiger partial charge in [-0.3, -0.25) is 5.10 Å². The molecule has 0 radical (unpaired) electrons. The van der Waals surface area contributed by atoms with Gasteiger partial charge in [-0.05, 0) is 36.8 Å². The van der Waals surface area contributed by atoms with Crippen molar-refractivity contribution in [2.24, 2.45) is 5.92 Å². The number of fused-ring (bicyclic) bond motifs is 1. The van der Waals surface area contributed by atoms with Crippen molar-refractivity contribution in [1.82, 2.24) is 15.2 Å². The van der Waals surface area contributed by atoms with Crippen molar-refractivity contribution in [1.29, 1.82) is 0 Å². The van der Waals surface area contributed by atoms with Gasteiger partial charge in [0, 0.05) is 23.2 Å². The van der Waals surface area contributed by atoms with Gasteiger partial charge in [-0.25, -0.2) is 4.98 Å². The standard InChI is InChI=1S/C18H18N4/c1-12(2)6-7-14-5-4-8-19-18(14)21-16-9-13(3)17-15(10-16)11-20-22-17/h4-5,8-12H,1-3H3,(H,19,21)(H,20,22). The molecule has 0 fully saturated rings. The van der Waals surface area contributed by atoms with E-state index in [0.29, 0.717) is 5.92 Å². The summed E-state index contributed by atoms with van der Waals surface area (Å²) in [5.74, 6) is 7.47. The normalized spacial score (nSPS) is 10.5. The van der Waals surface area contributed by atoms with Crippen LogP contribution in [0.5, 0.6) is 0 Å². The molecule has 0 aliphatic carbocycles. The minimum absolute atomic E-state index is 0.331. The highest BCUT2D eigenvalue weighted by Crippen LogP contribution is 2.24. The van der Waals surface area contributed by atoms with Crippen molar-refractivity contribution in [3.8, 4) is 11.8 Å². The van der Waals surface area contributed by atoms with Gasteiger partial charge in [0.05, 0.1) is 17.3 Å². The zero-order chi connectivity index (χ0) is 15.5. The lowest BCUT2D eigenvalue weighted by atomic mass is 10.1. The van der Waals surface area contributed by atoms with E-state index in [-0.39, 0.29) is 0 Å². The van der Waals surface area contributed by atoms with Crippen LogP contribution < -0.4 is 5.32 Å². The van der Waals surface area contributed by atoms with Gasteiger partial charge in [-0.1, -0.05) is 25.7 Å². The van der Waals surface area contributed by atoms with Crippen LogP contribution in [0.4, 0.5) is 11.5 Å². The summed E-state index contributed by atoms with van der Waals surface area (Å²) in [6, 6.07) is 8.02. The first-order valence-electron chi connectivity index (χ1n) is 7.31. The van der Waals surface area contributed by atoms with Crippen LogP contribution in [0, 0.1) is 24.7 Å². The van der Waals surface area contributed by atoms with Gasteiger partial charge in [-0.15, -0.1) is 0 Å². The van der Waals surface area contributed by atoms with Gasteiger partial charge in [-0.2, -0.15) is 5.10 Å². The maximum Gasteiger partial charge on any atom is 0.146 e. The maximum atomic E-state index is 4.41. The molecule has 0 amide bonds. The number of nitrogens with one attached hydrogen (secondary N) is 2. The molecule has 110 valence electrons. The summed E-state index contributed by atoms with van der Waals surface area (Å²) >= 11 is 0. The van der Waals surface area contributed by atoms with Crippen LogP contribution >= 0.6 is 0 Å². The molecule has 3 aromatic rings. The van der Waals surface area contributed by atoms with E-state index < -0.39 is 0 Å². The molecule has 2 aromatic heterocycles. The summed E-state index contributed by atoms with van der Waals surface area (Å²) in [5, 5.41) is 11.5. The Balaban J connectivity index is 1.97. The Morgan fingerprint density at radius 3 is 2.95 bits per heavy atom. The van der Waals surface area contributed by atoms with E-state index in [1.165, 1.54) is 0 Å². The summed E-state index contributed by atoms with van der Waals surface area (Å²) in [5.41, 5.74) is 4.09. The summed E-state index contributed by atoms with van der Waals surface area (Å²) in [7, 11) is 0. The molecule has 2 heterocycles. The molecule has 0 aliphatic heterocycles. The molecular weight excluding hydrogens is 272 g/mol. The first-order valence-corrected chi connectivity index (χ1v) is 7.31. The first kappa shape index (κ1) is 14.2. The van der Waals surface area contributed by atoms with Crippen LogP contribution in [0.25, 0.3) is 10.9 Å². The van der Waals surface area contributed by atoms with Crippen molar-refractivity contribution in [3.05, 3.63) is 47.8 Å². The number of aromatic nitrogens is 3. The Labute approximate surface area is 130 Å². The Morgan fingerprint density at radius 1 is 1.27 bits per heavy atom. The number of benzene rings is 1. The summed E-state index contributed by atoms with van der Waals surface area (Å²) in [4.78, 5) is 4.41. The highest BCUT2D eigenvalue weighted by molar-refractivity contribution is 5.86. The lowest BCUT2D eigenvalue weighted by molar-refractivity contribution is 0.866. The average Bonchev–Trinajstić information content (AvgIpc) is 2.95. The number of hydrogen-bond acceptors (Lipinski definition) is 3. The van der Waals surface area contributed by atoms with Crippen LogP contribution in [-0.4, -0.2) is 15.2 Å². The lowest BCUT2D eigenvalue weighted by Crippen LogP contribution is -1.97. The largest absolute Gasteiger partial charge is 0.339 e. The second-order valence-corrected chi connectivity index (χ2v) is 5.58. The number of rotatable bonds is 2. The molecule has 4 heteroatoms. The van der Waals surface area contributed by atoms with E-state index in [1.54, 1.807) is 6.20 Å². The predicted octanol–water partition coefficient (Wildman–Crippen LogP) is 4.02. The van der Waals surface area contributed by atoms with Crippen molar-refractivity contribution < 1.29 is 0 Å². The number of H-pyrrole nitrogens is 1. The fraction of sp³-hybridized carbons (Fsp3) is 0.222. The lowest BCUT2D eigenvalue weighted by Gasteiger charge is -2.09. The summed E-state index contributed by atoms with van der Waals surface area (Å²) in [6.45, 7) is 6.21. The molecule has 1 aromatic carbocycles. The summed E-state index contributed by atoms with van der Waals surface area (Å²) in [6.07, 6.45) is 3.59. The van der Waals surface area contributed by atoms with Crippen LogP contribution in [0.2, 0.25) is 0 Å². The van der Waals surface area contributed by atoms with Gasteiger partial charge < -0.3 is 5.32 Å². The molecule has 2 N–H and O–H groups in total. The zero-order valence-corrected chi connectivity index (χ0v) is 12.9. The molecule has 22 heavy (non-hydrogen) atoms. The van der Waals surface area contributed by atoms with Gasteiger partial charge in [0.15, 0.2) is 0 Å². The molecular formula is C18H18N4. The molecule has 0 aliphatic rings. The molecule has 0 saturated carbocycles. The quantitative estimate of drug-likeness (QED) is 0.701. The molecule has 0 bridgehead atoms. The molecule has 0 spiro atoms. The fourth-order valence-corrected chi connectivity index (χ4v) is 2.27. The maximum absolute atomic E-state index is 4.41. The third kappa shape index (κ3) is 2.94. The SMILES string of the molecule is Cc1cc(Nc2ncccc2C#CC(C)C)cc2cn[nH]c12. The number of nitrogens with zero attached hydrogens (tertiary/aromatic N) is 2. The predicted molar refractivity (Wildman–Crippen MR) is 90.1 cm³/mol. The second kappa shape index (κ2) is 5.90. The Kier molecular flexibility index (Phi) is 3.80. The van der Waals surface area contributed by atoms with E-state index in [1.807, 2.05) is 18.3 Å². The van der Waals surface area contributed by atoms with E-state index in [9.17, 15) is 0 Å². The van der Waals surface area contributed by atoms with E-state index >= 15 is 0 Å².